The second kappa shape index (κ2) is 17.7. The molecule has 18 heteroatoms. The van der Waals surface area contributed by atoms with Crippen LogP contribution in [0.4, 0.5) is 13.2 Å². The van der Waals surface area contributed by atoms with E-state index in [1.807, 2.05) is 30.5 Å². The number of nitrogens with zero attached hydrogens (tertiary/aromatic N) is 7. The highest BCUT2D eigenvalue weighted by molar-refractivity contribution is 7.68. The minimum Gasteiger partial charge on any atom is -0.381 e. The van der Waals surface area contributed by atoms with Gasteiger partial charge in [-0.15, -0.1) is 0 Å². The van der Waals surface area contributed by atoms with Crippen LogP contribution in [-0.2, 0) is 21.3 Å². The van der Waals surface area contributed by atoms with Gasteiger partial charge in [-0.1, -0.05) is 38.6 Å². The maximum atomic E-state index is 15.5. The van der Waals surface area contributed by atoms with Crippen molar-refractivity contribution < 1.29 is 31.8 Å². The van der Waals surface area contributed by atoms with Crippen molar-refractivity contribution >= 4 is 29.6 Å². The third kappa shape index (κ3) is 7.62. The summed E-state index contributed by atoms with van der Waals surface area (Å²) in [6.07, 6.45) is 5.45. The highest BCUT2D eigenvalue weighted by Gasteiger charge is 2.59. The molecule has 1 saturated carbocycles. The molecule has 4 aromatic heterocycles. The van der Waals surface area contributed by atoms with E-state index in [4.69, 9.17) is 14.4 Å². The van der Waals surface area contributed by atoms with Crippen LogP contribution < -0.4 is 11.4 Å². The number of nitrogens with one attached hydrogen (secondary N) is 1. The summed E-state index contributed by atoms with van der Waals surface area (Å²) in [5.74, 6) is -0.513. The minimum absolute atomic E-state index is 0.0252. The number of imidazole rings is 1. The molecule has 3 aliphatic rings. The zero-order valence-electron chi connectivity index (χ0n) is 39.3. The average Bonchev–Trinajstić information content (AvgIpc) is 3.83. The number of H-pyrrole nitrogens is 1. The molecule has 358 valence electrons. The summed E-state index contributed by atoms with van der Waals surface area (Å²) in [5.41, 5.74) is 2.72. The molecule has 9 rings (SSSR count). The fourth-order valence-corrected chi connectivity index (χ4v) is 12.6. The molecule has 1 saturated heterocycles. The van der Waals surface area contributed by atoms with Gasteiger partial charge in [-0.2, -0.15) is 5.10 Å². The molecular formula is C50H56F3N8O6P. The van der Waals surface area contributed by atoms with E-state index in [1.54, 1.807) is 49.4 Å². The van der Waals surface area contributed by atoms with Gasteiger partial charge in [-0.05, 0) is 123 Å². The van der Waals surface area contributed by atoms with E-state index in [1.165, 1.54) is 34.5 Å². The summed E-state index contributed by atoms with van der Waals surface area (Å²) in [6.45, 7) is 17.5. The Bertz CT molecular complexity index is 3200. The van der Waals surface area contributed by atoms with Gasteiger partial charge in [0.15, 0.2) is 5.82 Å². The maximum Gasteiger partial charge on any atom is 0.438 e. The van der Waals surface area contributed by atoms with E-state index in [-0.39, 0.29) is 53.3 Å². The molecule has 1 N–H and O–H groups in total. The number of aromatic amines is 1. The van der Waals surface area contributed by atoms with Crippen LogP contribution in [0.25, 0.3) is 28.1 Å². The molecule has 6 aromatic rings. The summed E-state index contributed by atoms with van der Waals surface area (Å²) < 4.78 is 75.2. The van der Waals surface area contributed by atoms with Gasteiger partial charge in [-0.25, -0.2) is 27.4 Å². The monoisotopic (exact) mass is 952 g/mol. The Morgan fingerprint density at radius 3 is 2.35 bits per heavy atom. The number of rotatable bonds is 13. The Labute approximate surface area is 391 Å². The van der Waals surface area contributed by atoms with Crippen molar-refractivity contribution in [1.82, 2.24) is 38.5 Å². The maximum absolute atomic E-state index is 15.5. The smallest absolute Gasteiger partial charge is 0.381 e. The van der Waals surface area contributed by atoms with Crippen molar-refractivity contribution in [1.29, 1.82) is 0 Å². The first-order valence-corrected chi connectivity index (χ1v) is 25.3. The number of carbonyl (C=O) groups excluding carboxylic acids is 1. The Morgan fingerprint density at radius 1 is 1.06 bits per heavy atom. The number of fused-ring (bicyclic) bond motifs is 2. The van der Waals surface area contributed by atoms with Crippen LogP contribution in [0.15, 0.2) is 92.5 Å². The van der Waals surface area contributed by atoms with E-state index in [2.05, 4.69) is 28.9 Å². The van der Waals surface area contributed by atoms with Crippen LogP contribution >= 0.6 is 7.14 Å². The van der Waals surface area contributed by atoms with Gasteiger partial charge in [0.05, 0.1) is 23.1 Å². The molecule has 2 aromatic carbocycles. The lowest BCUT2D eigenvalue weighted by Crippen LogP contribution is -2.41. The van der Waals surface area contributed by atoms with E-state index in [9.17, 15) is 22.9 Å². The summed E-state index contributed by atoms with van der Waals surface area (Å²) in [5, 5.41) is 10.1. The molecule has 14 nitrogen and oxygen atoms in total. The van der Waals surface area contributed by atoms with Crippen molar-refractivity contribution in [3.05, 3.63) is 145 Å². The van der Waals surface area contributed by atoms with Crippen LogP contribution in [0.1, 0.15) is 110 Å². The van der Waals surface area contributed by atoms with Gasteiger partial charge in [0.25, 0.3) is 12.3 Å². The zero-order valence-corrected chi connectivity index (χ0v) is 40.2. The second-order valence-electron chi connectivity index (χ2n) is 18.4. The number of ether oxygens (including phenoxy) is 1. The third-order valence-electron chi connectivity index (χ3n) is 14.7. The zero-order chi connectivity index (χ0) is 48.6. The number of hydrogen-bond donors (Lipinski definition) is 1. The first-order valence-electron chi connectivity index (χ1n) is 23.2. The standard InChI is InChI=1S/C50H56F3N8O6P/c1-9-36(26-38(44(52)53)32(8)68(65,10-2)11-3)58-18-19-59(49(58)64)45-42-31(7)57(17-14-39(42)55-61(45)37-22-28(4)43(51)29(5)23-37)46(62)41-25-35-24-34(33-15-20-66-21-16-33)12-13-40(35)60(41)50(27-30(50)6)47-54-48(63)67-56-47/h9,12-13,18-19,22-26,30-31,33,44H,1,10-11,14-17,20-21,27H2,2-8H3,(H,54,56,63)/b36-26+,38-32-/t30-,31-,50-/m0/s1. The molecule has 0 radical (unpaired) electrons. The molecule has 1 amide bonds. The van der Waals surface area contributed by atoms with Gasteiger partial charge in [0.1, 0.15) is 30.0 Å². The Kier molecular flexibility index (Phi) is 12.2. The van der Waals surface area contributed by atoms with Crippen molar-refractivity contribution in [2.45, 2.75) is 98.1 Å². The number of halogens is 3. The van der Waals surface area contributed by atoms with Crippen LogP contribution in [0.5, 0.6) is 0 Å². The molecule has 3 atom stereocenters. The first kappa shape index (κ1) is 46.9. The van der Waals surface area contributed by atoms with E-state index in [0.717, 1.165) is 35.4 Å². The number of hydrogen-bond acceptors (Lipinski definition) is 8. The molecule has 0 spiro atoms. The molecule has 0 bridgehead atoms. The van der Waals surface area contributed by atoms with Crippen molar-refractivity contribution in [3.63, 3.8) is 0 Å². The van der Waals surface area contributed by atoms with Gasteiger partial charge in [0, 0.05) is 72.9 Å². The van der Waals surface area contributed by atoms with Crippen LogP contribution in [-0.4, -0.2) is 82.9 Å². The normalized spacial score (nSPS) is 20.6. The molecular weight excluding hydrogens is 897 g/mol. The number of carbonyl (C=O) groups is 1. The van der Waals surface area contributed by atoms with E-state index in [0.29, 0.717) is 71.6 Å². The van der Waals surface area contributed by atoms with Crippen LogP contribution in [0.2, 0.25) is 0 Å². The summed E-state index contributed by atoms with van der Waals surface area (Å²) in [7, 11) is -3.11. The van der Waals surface area contributed by atoms with Crippen molar-refractivity contribution in [2.24, 2.45) is 5.92 Å². The Balaban J connectivity index is 1.20. The average molecular weight is 953 g/mol. The van der Waals surface area contributed by atoms with Crippen LogP contribution in [0, 0.1) is 25.6 Å². The Hall–Kier alpha value is -6.19. The van der Waals surface area contributed by atoms with Gasteiger partial charge < -0.3 is 18.8 Å². The predicted molar refractivity (Wildman–Crippen MR) is 254 cm³/mol. The fraction of sp³-hybridized carbons (Fsp3) is 0.420. The number of alkyl halides is 2. The molecule has 2 aliphatic heterocycles. The summed E-state index contributed by atoms with van der Waals surface area (Å²) in [4.78, 5) is 47.3. The van der Waals surface area contributed by atoms with Gasteiger partial charge in [0.2, 0.25) is 0 Å². The lowest BCUT2D eigenvalue weighted by molar-refractivity contribution is 0.0663. The predicted octanol–water partition coefficient (Wildman–Crippen LogP) is 9.62. The third-order valence-corrected chi connectivity index (χ3v) is 18.2. The molecule has 0 unspecified atom stereocenters. The van der Waals surface area contributed by atoms with E-state index >= 15 is 9.18 Å². The minimum atomic E-state index is -3.11. The first-order chi connectivity index (χ1) is 32.5. The number of benzene rings is 2. The quantitative estimate of drug-likeness (QED) is 0.0887. The Morgan fingerprint density at radius 2 is 1.75 bits per heavy atom. The number of allylic oxidation sites excluding steroid dienone is 5. The topological polar surface area (TPSA) is 155 Å². The SMILES string of the molecule is C=C/C(=C\C(=C(/C)P(=O)(CC)CC)C(F)F)n1ccn(-c2c3c(nn2-c2cc(C)c(F)c(C)c2)CCN(C(=O)c2cc4cc(C5CCOCC5)ccc4n2[C@@]2(c4noc(=O)[nH]4)C[C@@H]2C)[C@H]3C)c1=O. The summed E-state index contributed by atoms with van der Waals surface area (Å²) in [6, 6.07) is 10.7. The van der Waals surface area contributed by atoms with Crippen LogP contribution in [0.3, 0.4) is 0 Å². The number of aryl methyl sites for hydroxylation is 2. The van der Waals surface area contributed by atoms with Crippen molar-refractivity contribution in [3.8, 4) is 11.5 Å². The molecule has 1 aliphatic carbocycles. The lowest BCUT2D eigenvalue weighted by Gasteiger charge is -2.34. The van der Waals surface area contributed by atoms with Gasteiger partial charge >= 0.3 is 11.4 Å². The largest absolute Gasteiger partial charge is 0.438 e. The molecule has 6 heterocycles. The van der Waals surface area contributed by atoms with Gasteiger partial charge in [-0.3, -0.25) is 23.4 Å². The van der Waals surface area contributed by atoms with E-state index < -0.39 is 42.2 Å². The highest BCUT2D eigenvalue weighted by Crippen LogP contribution is 2.57. The number of amides is 1. The van der Waals surface area contributed by atoms with Crippen molar-refractivity contribution in [2.75, 3.05) is 32.1 Å². The lowest BCUT2D eigenvalue weighted by atomic mass is 9.91. The summed E-state index contributed by atoms with van der Waals surface area (Å²) >= 11 is 0. The molecule has 68 heavy (non-hydrogen) atoms. The fourth-order valence-electron chi connectivity index (χ4n) is 10.6. The highest BCUT2D eigenvalue weighted by atomic mass is 31.2. The number of aromatic nitrogens is 7. The molecule has 2 fully saturated rings. The second-order valence-corrected chi connectivity index (χ2v) is 22.1.